The molecule has 1 unspecified atom stereocenters. The second-order valence-electron chi connectivity index (χ2n) is 9.60. The Hall–Kier alpha value is -1.70. The van der Waals surface area contributed by atoms with Crippen molar-refractivity contribution in [2.75, 3.05) is 18.9 Å². The minimum atomic E-state index is -3.38. The van der Waals surface area contributed by atoms with E-state index in [1.165, 1.54) is 18.4 Å². The zero-order chi connectivity index (χ0) is 21.3. The van der Waals surface area contributed by atoms with Crippen molar-refractivity contribution in [2.24, 2.45) is 11.8 Å². The van der Waals surface area contributed by atoms with Gasteiger partial charge in [-0.3, -0.25) is 4.90 Å². The summed E-state index contributed by atoms with van der Waals surface area (Å²) in [6, 6.07) is 10.5. The van der Waals surface area contributed by atoms with E-state index in [4.69, 9.17) is 4.74 Å². The van der Waals surface area contributed by atoms with Crippen molar-refractivity contribution in [3.8, 4) is 0 Å². The SMILES string of the molecule is O=S(=O)(CC1CC1)c1ncc(CN(Cc2ccccc2)CC2CC2)n1CC1CCCO1. The second kappa shape index (κ2) is 9.04. The van der Waals surface area contributed by atoms with Gasteiger partial charge < -0.3 is 9.30 Å². The Morgan fingerprint density at radius 3 is 2.48 bits per heavy atom. The number of imidazole rings is 1. The van der Waals surface area contributed by atoms with E-state index in [9.17, 15) is 8.42 Å². The fourth-order valence-electron chi connectivity index (χ4n) is 4.54. The van der Waals surface area contributed by atoms with Gasteiger partial charge in [-0.2, -0.15) is 0 Å². The smallest absolute Gasteiger partial charge is 0.227 e. The van der Waals surface area contributed by atoms with Gasteiger partial charge in [-0.1, -0.05) is 30.3 Å². The molecular weight excluding hydrogens is 410 g/mol. The number of hydrogen-bond acceptors (Lipinski definition) is 5. The van der Waals surface area contributed by atoms with Crippen molar-refractivity contribution >= 4 is 9.84 Å². The van der Waals surface area contributed by atoms with E-state index in [0.29, 0.717) is 19.0 Å². The fraction of sp³-hybridized carbons (Fsp3) is 0.625. The van der Waals surface area contributed by atoms with Crippen LogP contribution in [-0.2, 0) is 34.2 Å². The van der Waals surface area contributed by atoms with Crippen LogP contribution in [0.1, 0.15) is 49.8 Å². The first-order valence-corrected chi connectivity index (χ1v) is 13.4. The van der Waals surface area contributed by atoms with Crippen molar-refractivity contribution in [3.63, 3.8) is 0 Å². The molecule has 1 saturated heterocycles. The van der Waals surface area contributed by atoms with Crippen molar-refractivity contribution in [2.45, 2.75) is 69.4 Å². The van der Waals surface area contributed by atoms with Gasteiger partial charge in [0.05, 0.1) is 30.3 Å². The monoisotopic (exact) mass is 443 g/mol. The van der Waals surface area contributed by atoms with Gasteiger partial charge in [-0.15, -0.1) is 0 Å². The molecular formula is C24H33N3O3S. The molecule has 168 valence electrons. The summed E-state index contributed by atoms with van der Waals surface area (Å²) in [6.07, 6.45) is 8.52. The number of benzene rings is 1. The quantitative estimate of drug-likeness (QED) is 0.530. The van der Waals surface area contributed by atoms with Gasteiger partial charge in [0.2, 0.25) is 15.0 Å². The van der Waals surface area contributed by atoms with Gasteiger partial charge in [0.25, 0.3) is 0 Å². The van der Waals surface area contributed by atoms with Crippen LogP contribution in [0.25, 0.3) is 0 Å². The highest BCUT2D eigenvalue weighted by atomic mass is 32.2. The predicted octanol–water partition coefficient (Wildman–Crippen LogP) is 3.66. The zero-order valence-electron chi connectivity index (χ0n) is 18.2. The number of sulfone groups is 1. The number of ether oxygens (including phenoxy) is 1. The van der Waals surface area contributed by atoms with Crippen LogP contribution in [0.4, 0.5) is 0 Å². The van der Waals surface area contributed by atoms with Gasteiger partial charge >= 0.3 is 0 Å². The van der Waals surface area contributed by atoms with Gasteiger partial charge in [-0.25, -0.2) is 13.4 Å². The molecule has 3 fully saturated rings. The highest BCUT2D eigenvalue weighted by Crippen LogP contribution is 2.33. The van der Waals surface area contributed by atoms with E-state index in [0.717, 1.165) is 57.0 Å². The van der Waals surface area contributed by atoms with Crippen LogP contribution in [0, 0.1) is 11.8 Å². The summed E-state index contributed by atoms with van der Waals surface area (Å²) in [5, 5.41) is 0.246. The fourth-order valence-corrected chi connectivity index (χ4v) is 6.39. The minimum Gasteiger partial charge on any atom is -0.376 e. The second-order valence-corrected chi connectivity index (χ2v) is 11.5. The molecule has 0 spiro atoms. The highest BCUT2D eigenvalue weighted by Gasteiger charge is 2.34. The number of hydrogen-bond donors (Lipinski definition) is 0. The van der Waals surface area contributed by atoms with E-state index in [1.807, 2.05) is 10.6 Å². The van der Waals surface area contributed by atoms with E-state index in [1.54, 1.807) is 6.20 Å². The van der Waals surface area contributed by atoms with E-state index >= 15 is 0 Å². The molecule has 5 rings (SSSR count). The maximum absolute atomic E-state index is 13.1. The topological polar surface area (TPSA) is 64.4 Å². The van der Waals surface area contributed by atoms with E-state index in [2.05, 4.69) is 34.1 Å². The molecule has 3 aliphatic rings. The summed E-state index contributed by atoms with van der Waals surface area (Å²) in [6.45, 7) is 3.97. The van der Waals surface area contributed by atoms with Gasteiger partial charge in [0, 0.05) is 26.2 Å². The molecule has 1 atom stereocenters. The average molecular weight is 444 g/mol. The van der Waals surface area contributed by atoms with Crippen LogP contribution < -0.4 is 0 Å². The number of nitrogens with zero attached hydrogens (tertiary/aromatic N) is 3. The van der Waals surface area contributed by atoms with Crippen LogP contribution in [-0.4, -0.2) is 47.9 Å². The lowest BCUT2D eigenvalue weighted by atomic mass is 10.2. The third-order valence-electron chi connectivity index (χ3n) is 6.59. The van der Waals surface area contributed by atoms with E-state index < -0.39 is 9.84 Å². The van der Waals surface area contributed by atoms with Crippen LogP contribution in [0.2, 0.25) is 0 Å². The molecule has 1 aromatic heterocycles. The van der Waals surface area contributed by atoms with Crippen molar-refractivity contribution in [3.05, 3.63) is 47.8 Å². The molecule has 0 bridgehead atoms. The summed E-state index contributed by atoms with van der Waals surface area (Å²) in [7, 11) is -3.38. The number of aromatic nitrogens is 2. The standard InChI is InChI=1S/C24H33N3O3S/c28-31(29,18-21-10-11-21)24-25-13-22(27(24)17-23-7-4-12-30-23)16-26(15-20-8-9-20)14-19-5-2-1-3-6-19/h1-3,5-6,13,20-21,23H,4,7-12,14-18H2. The number of rotatable bonds is 11. The first-order chi connectivity index (χ1) is 15.1. The molecule has 0 N–H and O–H groups in total. The van der Waals surface area contributed by atoms with Crippen molar-refractivity contribution in [1.29, 1.82) is 0 Å². The molecule has 0 radical (unpaired) electrons. The van der Waals surface area contributed by atoms with Crippen LogP contribution >= 0.6 is 0 Å². The first kappa shape index (κ1) is 21.2. The Balaban J connectivity index is 1.40. The van der Waals surface area contributed by atoms with E-state index in [-0.39, 0.29) is 17.0 Å². The molecule has 31 heavy (non-hydrogen) atoms. The molecule has 7 heteroatoms. The Labute approximate surface area is 185 Å². The lowest BCUT2D eigenvalue weighted by Crippen LogP contribution is -2.28. The molecule has 2 saturated carbocycles. The predicted molar refractivity (Wildman–Crippen MR) is 119 cm³/mol. The largest absolute Gasteiger partial charge is 0.376 e. The van der Waals surface area contributed by atoms with Crippen molar-refractivity contribution in [1.82, 2.24) is 14.5 Å². The van der Waals surface area contributed by atoms with Crippen LogP contribution in [0.15, 0.2) is 41.7 Å². The minimum absolute atomic E-state index is 0.0776. The first-order valence-electron chi connectivity index (χ1n) is 11.7. The highest BCUT2D eigenvalue weighted by molar-refractivity contribution is 7.91. The van der Waals surface area contributed by atoms with Crippen molar-refractivity contribution < 1.29 is 13.2 Å². The maximum atomic E-state index is 13.1. The molecule has 1 aromatic carbocycles. The Morgan fingerprint density at radius 2 is 1.81 bits per heavy atom. The maximum Gasteiger partial charge on any atom is 0.227 e. The van der Waals surface area contributed by atoms with Crippen LogP contribution in [0.5, 0.6) is 0 Å². The van der Waals surface area contributed by atoms with Crippen LogP contribution in [0.3, 0.4) is 0 Å². The Kier molecular flexibility index (Phi) is 6.17. The zero-order valence-corrected chi connectivity index (χ0v) is 19.0. The normalized spacial score (nSPS) is 21.8. The van der Waals surface area contributed by atoms with Gasteiger partial charge in [0.1, 0.15) is 0 Å². The lowest BCUT2D eigenvalue weighted by molar-refractivity contribution is 0.0931. The Bertz CT molecular complexity index is 975. The molecule has 2 heterocycles. The molecule has 2 aliphatic carbocycles. The summed E-state index contributed by atoms with van der Waals surface area (Å²) in [5.74, 6) is 1.30. The molecule has 1 aliphatic heterocycles. The summed E-state index contributed by atoms with van der Waals surface area (Å²) in [5.41, 5.74) is 2.27. The lowest BCUT2D eigenvalue weighted by Gasteiger charge is -2.24. The van der Waals surface area contributed by atoms with Gasteiger partial charge in [0.15, 0.2) is 0 Å². The third kappa shape index (κ3) is 5.57. The Morgan fingerprint density at radius 1 is 1.03 bits per heavy atom. The summed E-state index contributed by atoms with van der Waals surface area (Å²) < 4.78 is 34.1. The molecule has 6 nitrogen and oxygen atoms in total. The summed E-state index contributed by atoms with van der Waals surface area (Å²) in [4.78, 5) is 6.91. The van der Waals surface area contributed by atoms with Gasteiger partial charge in [-0.05, 0) is 55.9 Å². The average Bonchev–Trinajstić information content (AvgIpc) is 3.64. The molecule has 0 amide bonds. The third-order valence-corrected chi connectivity index (χ3v) is 8.38. The summed E-state index contributed by atoms with van der Waals surface area (Å²) >= 11 is 0. The molecule has 2 aromatic rings.